The second-order valence-corrected chi connectivity index (χ2v) is 13.7. The van der Waals surface area contributed by atoms with Crippen LogP contribution < -0.4 is 21.1 Å². The van der Waals surface area contributed by atoms with Gasteiger partial charge in [0, 0.05) is 43.6 Å². The number of hydrogen-bond acceptors (Lipinski definition) is 14. The van der Waals surface area contributed by atoms with E-state index in [1.165, 1.54) is 69.3 Å². The molecule has 5 aromatic heterocycles. The molecule has 0 fully saturated rings. The second-order valence-electron chi connectivity index (χ2n) is 12.1. The highest BCUT2D eigenvalue weighted by atomic mass is 79.9. The number of ether oxygens (including phenoxy) is 3. The molecule has 0 saturated heterocycles. The number of aromatic nitrogens is 8. The summed E-state index contributed by atoms with van der Waals surface area (Å²) in [5.74, 6) is 4.35. The van der Waals surface area contributed by atoms with Gasteiger partial charge in [0.15, 0.2) is 0 Å². The quantitative estimate of drug-likeness (QED) is 0.0329. The molecule has 7 aromatic rings. The first kappa shape index (κ1) is 46.7. The van der Waals surface area contributed by atoms with E-state index < -0.39 is 44.1 Å². The third-order valence-electron chi connectivity index (χ3n) is 8.10. The highest BCUT2D eigenvalue weighted by molar-refractivity contribution is 9.10. The van der Waals surface area contributed by atoms with Gasteiger partial charge in [-0.1, -0.05) is 12.1 Å². The molecular weight excluding hydrogens is 946 g/mol. The molecular formula is C38H38Br2F6N12O3. The first-order valence-corrected chi connectivity index (χ1v) is 19.9. The average molecular weight is 985 g/mol. The monoisotopic (exact) mass is 982 g/mol. The van der Waals surface area contributed by atoms with Crippen LogP contribution in [0.15, 0.2) is 88.6 Å². The minimum absolute atomic E-state index is 0.0134. The van der Waals surface area contributed by atoms with Crippen molar-refractivity contribution in [3.05, 3.63) is 100 Å². The van der Waals surface area contributed by atoms with Crippen molar-refractivity contribution in [1.82, 2.24) is 39.5 Å². The summed E-state index contributed by atoms with van der Waals surface area (Å²) < 4.78 is 99.7. The number of hydrogen-bond donors (Lipinski definition) is 2. The Morgan fingerprint density at radius 3 is 1.75 bits per heavy atom. The zero-order chi connectivity index (χ0) is 44.1. The number of rotatable bonds is 15. The molecule has 0 aliphatic rings. The Morgan fingerprint density at radius 2 is 1.25 bits per heavy atom. The fraction of sp³-hybridized carbons (Fsp3) is 0.289. The van der Waals surface area contributed by atoms with Gasteiger partial charge in [0.05, 0.1) is 34.9 Å². The molecule has 0 radical (unpaired) electrons. The number of hydrazine groups is 1. The lowest BCUT2D eigenvalue weighted by Gasteiger charge is -2.25. The largest absolute Gasteiger partial charge is 0.330 e. The van der Waals surface area contributed by atoms with Gasteiger partial charge < -0.3 is 24.0 Å². The van der Waals surface area contributed by atoms with E-state index in [0.717, 1.165) is 0 Å². The van der Waals surface area contributed by atoms with Gasteiger partial charge in [0.2, 0.25) is 5.95 Å². The number of anilines is 5. The van der Waals surface area contributed by atoms with Crippen molar-refractivity contribution < 1.29 is 40.6 Å². The molecule has 0 spiro atoms. The molecule has 0 unspecified atom stereocenters. The Labute approximate surface area is 361 Å². The van der Waals surface area contributed by atoms with Gasteiger partial charge in [-0.2, -0.15) is 9.97 Å². The number of alkyl halides is 4. The number of nitrogen functional groups attached to an aromatic ring is 1. The minimum atomic E-state index is -2.68. The molecule has 3 N–H and O–H groups in total. The number of nitrogens with one attached hydrogen (secondary N) is 1. The first-order chi connectivity index (χ1) is 29.4. The third-order valence-corrected chi connectivity index (χ3v) is 8.96. The number of benzene rings is 2. The normalized spacial score (nSPS) is 11.3. The molecule has 324 valence electrons. The van der Waals surface area contributed by atoms with Crippen molar-refractivity contribution in [1.29, 1.82) is 0 Å². The van der Waals surface area contributed by atoms with Crippen molar-refractivity contribution in [2.45, 2.75) is 40.1 Å². The topological polar surface area (TPSA) is 167 Å². The van der Waals surface area contributed by atoms with Crippen molar-refractivity contribution in [2.75, 3.05) is 48.1 Å². The highest BCUT2D eigenvalue weighted by Crippen LogP contribution is 2.35. The number of fused-ring (bicyclic) bond motifs is 4. The summed E-state index contributed by atoms with van der Waals surface area (Å²) in [6.45, 7) is 5.74. The molecule has 61 heavy (non-hydrogen) atoms. The maximum absolute atomic E-state index is 14.6. The van der Waals surface area contributed by atoms with Crippen LogP contribution in [-0.2, 0) is 14.2 Å². The summed E-state index contributed by atoms with van der Waals surface area (Å²) in [4.78, 5) is 22.9. The van der Waals surface area contributed by atoms with Crippen LogP contribution in [0.5, 0.6) is 0 Å². The maximum Gasteiger partial charge on any atom is 0.271 e. The molecule has 23 heteroatoms. The Hall–Kier alpha value is -5.33. The van der Waals surface area contributed by atoms with Crippen molar-refractivity contribution in [2.24, 2.45) is 5.84 Å². The summed E-state index contributed by atoms with van der Waals surface area (Å²) >= 11 is 6.42. The Kier molecular flexibility index (Phi) is 17.2. The van der Waals surface area contributed by atoms with Crippen LogP contribution in [0.1, 0.15) is 20.8 Å². The Balaban J connectivity index is 0.000000190. The lowest BCUT2D eigenvalue weighted by atomic mass is 10.2. The van der Waals surface area contributed by atoms with E-state index in [1.807, 2.05) is 20.8 Å². The third kappa shape index (κ3) is 12.2. The van der Waals surface area contributed by atoms with E-state index in [0.29, 0.717) is 45.9 Å². The van der Waals surface area contributed by atoms with Gasteiger partial charge in [0.25, 0.3) is 25.1 Å². The van der Waals surface area contributed by atoms with E-state index in [9.17, 15) is 26.3 Å². The van der Waals surface area contributed by atoms with Gasteiger partial charge in [-0.3, -0.25) is 9.83 Å². The summed E-state index contributed by atoms with van der Waals surface area (Å²) in [6.07, 6.45) is -1.04. The molecule has 0 aliphatic heterocycles. The van der Waals surface area contributed by atoms with Crippen LogP contribution in [0.3, 0.4) is 0 Å². The predicted octanol–water partition coefficient (Wildman–Crippen LogP) is 8.97. The predicted molar refractivity (Wildman–Crippen MR) is 224 cm³/mol. The van der Waals surface area contributed by atoms with Gasteiger partial charge in [0.1, 0.15) is 38.8 Å². The zero-order valence-electron chi connectivity index (χ0n) is 32.6. The molecule has 0 amide bonds. The van der Waals surface area contributed by atoms with Crippen LogP contribution in [0, 0.1) is 11.6 Å². The van der Waals surface area contributed by atoms with E-state index >= 15 is 0 Å². The number of nitrogens with zero attached hydrogens (tertiary/aromatic N) is 10. The number of halogens is 8. The molecule has 0 bridgehead atoms. The van der Waals surface area contributed by atoms with Crippen molar-refractivity contribution in [3.8, 4) is 0 Å². The van der Waals surface area contributed by atoms with Gasteiger partial charge >= 0.3 is 0 Å². The van der Waals surface area contributed by atoms with Crippen LogP contribution in [0.4, 0.5) is 55.3 Å². The Bertz CT molecular complexity index is 2500. The molecule has 0 saturated carbocycles. The summed E-state index contributed by atoms with van der Waals surface area (Å²) in [5.41, 5.74) is 3.71. The maximum atomic E-state index is 14.6. The SMILES string of the molecule is CCOC(OCC)OCC.Fc1cccc2c1c(N(CC(F)F)c1ccnc(Br)c1)nc1nncn12.NNc1nc(N(CC(F)F)c2ccnc(Br)c2)c2c(F)cccc2n1. The highest BCUT2D eigenvalue weighted by Gasteiger charge is 2.24. The molecule has 0 aliphatic carbocycles. The van der Waals surface area contributed by atoms with E-state index in [4.69, 9.17) is 20.1 Å². The van der Waals surface area contributed by atoms with Gasteiger partial charge in [-0.15, -0.1) is 10.2 Å². The van der Waals surface area contributed by atoms with Crippen molar-refractivity contribution >= 4 is 88.4 Å². The smallest absolute Gasteiger partial charge is 0.271 e. The fourth-order valence-electron chi connectivity index (χ4n) is 5.72. The average Bonchev–Trinajstić information content (AvgIpc) is 3.71. The first-order valence-electron chi connectivity index (χ1n) is 18.3. The number of nitrogens with two attached hydrogens (primary N) is 1. The summed E-state index contributed by atoms with van der Waals surface area (Å²) in [6, 6.07) is 14.8. The van der Waals surface area contributed by atoms with Crippen LogP contribution in [-0.4, -0.2) is 91.8 Å². The summed E-state index contributed by atoms with van der Waals surface area (Å²) in [7, 11) is 0. The van der Waals surface area contributed by atoms with Gasteiger partial charge in [-0.05, 0) is 101 Å². The summed E-state index contributed by atoms with van der Waals surface area (Å²) in [5, 5.41) is 7.78. The molecule has 2 aromatic carbocycles. The lowest BCUT2D eigenvalue weighted by molar-refractivity contribution is -0.282. The van der Waals surface area contributed by atoms with Crippen LogP contribution in [0.2, 0.25) is 0 Å². The molecule has 5 heterocycles. The molecule has 7 rings (SSSR count). The molecule has 15 nitrogen and oxygen atoms in total. The van der Waals surface area contributed by atoms with E-state index in [2.05, 4.69) is 72.4 Å². The minimum Gasteiger partial charge on any atom is -0.330 e. The lowest BCUT2D eigenvalue weighted by Crippen LogP contribution is -2.26. The van der Waals surface area contributed by atoms with Crippen LogP contribution in [0.25, 0.3) is 27.6 Å². The van der Waals surface area contributed by atoms with Crippen molar-refractivity contribution in [3.63, 3.8) is 0 Å². The van der Waals surface area contributed by atoms with Crippen LogP contribution >= 0.6 is 31.9 Å². The number of pyridine rings is 2. The van der Waals surface area contributed by atoms with E-state index in [1.54, 1.807) is 24.3 Å². The standard InChI is InChI=1S/C16H10BrF3N6.C15H12BrF3N6.C7H16O3/c17-12-6-9(4-5-21-12)25(7-13(19)20)15-14-10(18)2-1-3-11(14)26-8-22-24-16(26)23-15;16-11-6-8(4-5-21-11)25(7-12(18)19)14-13-9(17)2-1-3-10(13)22-15(23-14)24-20;1-4-8-7(9-5-2)10-6-3/h1-6,8,13H,7H2;1-6,12H,7,20H2,(H,22,23,24);7H,4-6H2,1-3H3. The zero-order valence-corrected chi connectivity index (χ0v) is 35.7. The molecule has 0 atom stereocenters. The Morgan fingerprint density at radius 1 is 0.721 bits per heavy atom. The second kappa shape index (κ2) is 22.5. The van der Waals surface area contributed by atoms with Gasteiger partial charge in [-0.25, -0.2) is 47.1 Å². The fourth-order valence-corrected chi connectivity index (χ4v) is 6.42. The van der Waals surface area contributed by atoms with E-state index in [-0.39, 0.29) is 39.7 Å².